The average Bonchev–Trinajstić information content (AvgIpc) is 2.89. The number of amides is 1. The molecule has 3 aromatic rings. The van der Waals surface area contributed by atoms with Gasteiger partial charge in [-0.25, -0.2) is 4.79 Å². The van der Waals surface area contributed by atoms with Gasteiger partial charge >= 0.3 is 5.76 Å². The Balaban J connectivity index is 1.49. The Morgan fingerprint density at radius 2 is 1.80 bits per heavy atom. The molecule has 2 aromatic carbocycles. The molecule has 0 saturated carbocycles. The number of aryl methyl sites for hydroxylation is 3. The second kappa shape index (κ2) is 7.38. The van der Waals surface area contributed by atoms with Crippen molar-refractivity contribution < 1.29 is 9.21 Å². The number of benzene rings is 2. The Kier molecular flexibility index (Phi) is 5.03. The molecule has 3 rings (SSSR count). The lowest BCUT2D eigenvalue weighted by molar-refractivity contribution is -0.121. The molecule has 0 aliphatic carbocycles. The van der Waals surface area contributed by atoms with Crippen LogP contribution in [0.15, 0.2) is 51.7 Å². The van der Waals surface area contributed by atoms with Crippen LogP contribution < -0.4 is 11.1 Å². The van der Waals surface area contributed by atoms with Crippen LogP contribution in [0.25, 0.3) is 11.1 Å². The number of aromatic nitrogens is 1. The highest BCUT2D eigenvalue weighted by Crippen LogP contribution is 2.14. The minimum atomic E-state index is -0.364. The van der Waals surface area contributed by atoms with E-state index in [4.69, 9.17) is 4.42 Å². The Bertz CT molecular complexity index is 936. The number of oxazole rings is 1. The summed E-state index contributed by atoms with van der Waals surface area (Å²) in [6.45, 7) is 2.62. The maximum Gasteiger partial charge on any atom is 0.419 e. The third-order valence-electron chi connectivity index (χ3n) is 4.35. The van der Waals surface area contributed by atoms with Crippen LogP contribution in [-0.2, 0) is 24.7 Å². The predicted octanol–water partition coefficient (Wildman–Crippen LogP) is 2.73. The summed E-state index contributed by atoms with van der Waals surface area (Å²) in [6.07, 6.45) is 1.94. The van der Waals surface area contributed by atoms with Crippen LogP contribution in [0, 0.1) is 6.92 Å². The lowest BCUT2D eigenvalue weighted by atomic mass is 10.1. The molecule has 0 aliphatic rings. The Morgan fingerprint density at radius 3 is 2.56 bits per heavy atom. The molecule has 1 N–H and O–H groups in total. The van der Waals surface area contributed by atoms with Crippen LogP contribution >= 0.6 is 0 Å². The van der Waals surface area contributed by atoms with E-state index in [1.807, 2.05) is 12.1 Å². The summed E-state index contributed by atoms with van der Waals surface area (Å²) >= 11 is 0. The molecule has 25 heavy (non-hydrogen) atoms. The topological polar surface area (TPSA) is 64.2 Å². The Labute approximate surface area is 146 Å². The van der Waals surface area contributed by atoms with Crippen molar-refractivity contribution in [3.63, 3.8) is 0 Å². The fourth-order valence-corrected chi connectivity index (χ4v) is 2.78. The van der Waals surface area contributed by atoms with Crippen molar-refractivity contribution in [1.82, 2.24) is 9.88 Å². The number of fused-ring (bicyclic) bond motifs is 1. The Hall–Kier alpha value is -2.82. The molecule has 5 heteroatoms. The summed E-state index contributed by atoms with van der Waals surface area (Å²) < 4.78 is 6.60. The SMILES string of the molecule is Cc1ccc(CCC(=O)NCCc2ccc3oc(=O)n(C)c3c2)cc1. The molecule has 1 amide bonds. The third-order valence-corrected chi connectivity index (χ3v) is 4.35. The molecule has 0 spiro atoms. The number of carbonyl (C=O) groups excluding carboxylic acids is 1. The number of rotatable bonds is 6. The highest BCUT2D eigenvalue weighted by molar-refractivity contribution is 5.76. The molecular weight excluding hydrogens is 316 g/mol. The molecule has 1 aromatic heterocycles. The lowest BCUT2D eigenvalue weighted by Gasteiger charge is -2.06. The van der Waals surface area contributed by atoms with Gasteiger partial charge in [-0.15, -0.1) is 0 Å². The molecule has 0 radical (unpaired) electrons. The maximum atomic E-state index is 12.0. The number of nitrogens with one attached hydrogen (secondary N) is 1. The van der Waals surface area contributed by atoms with Crippen molar-refractivity contribution in [3.8, 4) is 0 Å². The molecule has 0 bridgehead atoms. The van der Waals surface area contributed by atoms with Crippen molar-refractivity contribution in [2.75, 3.05) is 6.54 Å². The van der Waals surface area contributed by atoms with Gasteiger partial charge in [-0.05, 0) is 43.0 Å². The molecule has 0 atom stereocenters. The second-order valence-corrected chi connectivity index (χ2v) is 6.31. The van der Waals surface area contributed by atoms with E-state index in [1.54, 1.807) is 13.1 Å². The standard InChI is InChI=1S/C20H22N2O3/c1-14-3-5-15(6-4-14)8-10-19(23)21-12-11-16-7-9-18-17(13-16)22(2)20(24)25-18/h3-7,9,13H,8,10-12H2,1-2H3,(H,21,23). The summed E-state index contributed by atoms with van der Waals surface area (Å²) in [5.74, 6) is -0.311. The van der Waals surface area contributed by atoms with Gasteiger partial charge in [-0.1, -0.05) is 35.9 Å². The van der Waals surface area contributed by atoms with Crippen molar-refractivity contribution >= 4 is 17.0 Å². The van der Waals surface area contributed by atoms with Gasteiger partial charge in [0.15, 0.2) is 5.58 Å². The molecular formula is C20H22N2O3. The molecule has 0 aliphatic heterocycles. The monoisotopic (exact) mass is 338 g/mol. The first-order chi connectivity index (χ1) is 12.0. The number of nitrogens with zero attached hydrogens (tertiary/aromatic N) is 1. The van der Waals surface area contributed by atoms with Gasteiger partial charge < -0.3 is 9.73 Å². The van der Waals surface area contributed by atoms with Crippen LogP contribution in [0.3, 0.4) is 0 Å². The first-order valence-corrected chi connectivity index (χ1v) is 8.43. The van der Waals surface area contributed by atoms with Crippen molar-refractivity contribution in [1.29, 1.82) is 0 Å². The van der Waals surface area contributed by atoms with Gasteiger partial charge in [0.25, 0.3) is 0 Å². The number of carbonyl (C=O) groups is 1. The minimum absolute atomic E-state index is 0.0531. The normalized spacial score (nSPS) is 11.0. The van der Waals surface area contributed by atoms with Gasteiger partial charge in [0, 0.05) is 20.0 Å². The Morgan fingerprint density at radius 1 is 1.08 bits per heavy atom. The van der Waals surface area contributed by atoms with E-state index in [0.29, 0.717) is 25.0 Å². The van der Waals surface area contributed by atoms with E-state index in [-0.39, 0.29) is 11.7 Å². The number of hydrogen-bond donors (Lipinski definition) is 1. The predicted molar refractivity (Wildman–Crippen MR) is 97.7 cm³/mol. The van der Waals surface area contributed by atoms with Gasteiger partial charge in [0.1, 0.15) is 0 Å². The van der Waals surface area contributed by atoms with E-state index < -0.39 is 0 Å². The van der Waals surface area contributed by atoms with Crippen molar-refractivity contribution in [2.24, 2.45) is 7.05 Å². The number of hydrogen-bond acceptors (Lipinski definition) is 3. The smallest absolute Gasteiger partial charge is 0.408 e. The van der Waals surface area contributed by atoms with Gasteiger partial charge in [-0.2, -0.15) is 0 Å². The van der Waals surface area contributed by atoms with Crippen LogP contribution in [0.4, 0.5) is 0 Å². The molecule has 130 valence electrons. The third kappa shape index (κ3) is 4.18. The summed E-state index contributed by atoms with van der Waals surface area (Å²) in [5, 5.41) is 2.95. The highest BCUT2D eigenvalue weighted by atomic mass is 16.4. The summed E-state index contributed by atoms with van der Waals surface area (Å²) in [5.41, 5.74) is 4.81. The fourth-order valence-electron chi connectivity index (χ4n) is 2.78. The van der Waals surface area contributed by atoms with E-state index in [9.17, 15) is 9.59 Å². The molecule has 5 nitrogen and oxygen atoms in total. The van der Waals surface area contributed by atoms with Crippen LogP contribution in [0.2, 0.25) is 0 Å². The van der Waals surface area contributed by atoms with Crippen LogP contribution in [0.1, 0.15) is 23.1 Å². The van der Waals surface area contributed by atoms with E-state index >= 15 is 0 Å². The highest BCUT2D eigenvalue weighted by Gasteiger charge is 2.07. The lowest BCUT2D eigenvalue weighted by Crippen LogP contribution is -2.25. The van der Waals surface area contributed by atoms with E-state index in [2.05, 4.69) is 36.5 Å². The van der Waals surface area contributed by atoms with Crippen LogP contribution in [0.5, 0.6) is 0 Å². The second-order valence-electron chi connectivity index (χ2n) is 6.31. The fraction of sp³-hybridized carbons (Fsp3) is 0.300. The summed E-state index contributed by atoms with van der Waals surface area (Å²) in [7, 11) is 1.69. The zero-order valence-electron chi connectivity index (χ0n) is 14.5. The zero-order chi connectivity index (χ0) is 17.8. The van der Waals surface area contributed by atoms with Crippen LogP contribution in [-0.4, -0.2) is 17.0 Å². The maximum absolute atomic E-state index is 12.0. The van der Waals surface area contributed by atoms with Crippen molar-refractivity contribution in [3.05, 3.63) is 69.7 Å². The minimum Gasteiger partial charge on any atom is -0.408 e. The van der Waals surface area contributed by atoms with Gasteiger partial charge in [0.05, 0.1) is 5.52 Å². The largest absolute Gasteiger partial charge is 0.419 e. The summed E-state index contributed by atoms with van der Waals surface area (Å²) in [4.78, 5) is 23.5. The first-order valence-electron chi connectivity index (χ1n) is 8.43. The van der Waals surface area contributed by atoms with E-state index in [0.717, 1.165) is 17.5 Å². The quantitative estimate of drug-likeness (QED) is 0.752. The van der Waals surface area contributed by atoms with Gasteiger partial charge in [0.2, 0.25) is 5.91 Å². The molecule has 0 saturated heterocycles. The van der Waals surface area contributed by atoms with Gasteiger partial charge in [-0.3, -0.25) is 9.36 Å². The first kappa shape index (κ1) is 17.0. The van der Waals surface area contributed by atoms with Crippen molar-refractivity contribution in [2.45, 2.75) is 26.2 Å². The van der Waals surface area contributed by atoms with E-state index in [1.165, 1.54) is 15.7 Å². The molecule has 1 heterocycles. The zero-order valence-corrected chi connectivity index (χ0v) is 14.5. The molecule has 0 fully saturated rings. The molecule has 0 unspecified atom stereocenters. The average molecular weight is 338 g/mol. The summed E-state index contributed by atoms with van der Waals surface area (Å²) in [6, 6.07) is 13.9.